The molecule has 0 atom stereocenters. The zero-order valence-corrected chi connectivity index (χ0v) is 11.6. The van der Waals surface area contributed by atoms with E-state index in [2.05, 4.69) is 0 Å². The van der Waals surface area contributed by atoms with Crippen LogP contribution in [0.2, 0.25) is 0 Å². The third kappa shape index (κ3) is 52.7. The molecule has 0 saturated heterocycles. The minimum absolute atomic E-state index is 0. The fourth-order valence-corrected chi connectivity index (χ4v) is 0. The fraction of sp³-hybridized carbons (Fsp3) is 0. The Morgan fingerprint density at radius 2 is 0.429 bits per heavy atom. The van der Waals surface area contributed by atoms with Crippen LogP contribution in [0.5, 0.6) is 0 Å². The van der Waals surface area contributed by atoms with Gasteiger partial charge in [-0.2, -0.15) is 0 Å². The molecule has 7 heteroatoms. The van der Waals surface area contributed by atoms with E-state index in [1.165, 1.54) is 0 Å². The van der Waals surface area contributed by atoms with Crippen molar-refractivity contribution in [3.63, 3.8) is 0 Å². The maximum atomic E-state index is 0. The largest absolute Gasteiger partial charge is 3.00 e. The second-order valence-corrected chi connectivity index (χ2v) is 0. The first-order valence-electron chi connectivity index (χ1n) is 0. The van der Waals surface area contributed by atoms with Crippen LogP contribution in [0, 0.1) is 71.2 Å². The van der Waals surface area contributed by atoms with Gasteiger partial charge in [0, 0.05) is 0 Å². The second-order valence-electron chi connectivity index (χ2n) is 0. The van der Waals surface area contributed by atoms with E-state index in [9.17, 15) is 0 Å². The van der Waals surface area contributed by atoms with Gasteiger partial charge in [-0.25, -0.2) is 0 Å². The molecule has 0 rings (SSSR count). The Kier molecular flexibility index (Phi) is 981. The van der Waals surface area contributed by atoms with Crippen molar-refractivity contribution in [3.05, 3.63) is 0 Å². The van der Waals surface area contributed by atoms with Crippen molar-refractivity contribution in [1.82, 2.24) is 0 Å². The van der Waals surface area contributed by atoms with E-state index < -0.39 is 0 Å². The summed E-state index contributed by atoms with van der Waals surface area (Å²) in [5.41, 5.74) is 0. The molecule has 7 heavy (non-hydrogen) atoms. The Balaban J connectivity index is 0. The van der Waals surface area contributed by atoms with E-state index in [0.29, 0.717) is 0 Å². The van der Waals surface area contributed by atoms with Gasteiger partial charge < -0.3 is 21.9 Å². The van der Waals surface area contributed by atoms with Crippen LogP contribution in [0.1, 0.15) is 0 Å². The topological polar surface area (TPSA) is 114 Å². The minimum Gasteiger partial charge on any atom is -2.00 e. The summed E-state index contributed by atoms with van der Waals surface area (Å²) in [6.07, 6.45) is 0. The quantitative estimate of drug-likeness (QED) is 0.492. The number of hydrogen-bond donors (Lipinski definition) is 0. The van der Waals surface area contributed by atoms with Gasteiger partial charge >= 0.3 is 88.3 Å². The van der Waals surface area contributed by atoms with Gasteiger partial charge in [0.15, 0.2) is 0 Å². The summed E-state index contributed by atoms with van der Waals surface area (Å²) in [6.45, 7) is 0. The van der Waals surface area contributed by atoms with Crippen LogP contribution in [0.15, 0.2) is 0 Å². The van der Waals surface area contributed by atoms with Crippen LogP contribution in [-0.4, -0.2) is 0 Å². The van der Waals surface area contributed by atoms with Crippen LogP contribution in [-0.2, 0) is 39.0 Å². The van der Waals surface area contributed by atoms with Gasteiger partial charge in [-0.15, -0.1) is 0 Å². The van der Waals surface area contributed by atoms with Gasteiger partial charge in [-0.1, -0.05) is 0 Å². The Hall–Kier alpha value is 2.75. The molecule has 4 nitrogen and oxygen atoms in total. The maximum absolute atomic E-state index is 0. The Labute approximate surface area is 108 Å². The Morgan fingerprint density at radius 1 is 0.429 bits per heavy atom. The van der Waals surface area contributed by atoms with Crippen LogP contribution in [0.25, 0.3) is 0 Å². The van der Waals surface area contributed by atoms with Crippen LogP contribution in [0.3, 0.4) is 0 Å². The predicted molar refractivity (Wildman–Crippen MR) is 2.75 cm³/mol. The summed E-state index contributed by atoms with van der Waals surface area (Å²) in [5, 5.41) is 0. The fourth-order valence-electron chi connectivity index (χ4n) is 0. The first-order valence-corrected chi connectivity index (χ1v) is 0. The molecule has 0 amide bonds. The summed E-state index contributed by atoms with van der Waals surface area (Å²) in [5.74, 6) is 0. The molecule has 0 N–H and O–H groups in total. The molecule has 0 spiro atoms. The van der Waals surface area contributed by atoms with Crippen molar-refractivity contribution in [1.29, 1.82) is 0 Å². The summed E-state index contributed by atoms with van der Waals surface area (Å²) >= 11 is 0. The molecule has 0 heterocycles. The average Bonchev–Trinajstić information content (AvgIpc) is 0. The van der Waals surface area contributed by atoms with Crippen molar-refractivity contribution >= 4 is 0 Å². The molecule has 0 unspecified atom stereocenters. The molecule has 1 radical (unpaired) electrons. The van der Waals surface area contributed by atoms with Crippen molar-refractivity contribution in [3.8, 4) is 0 Å². The van der Waals surface area contributed by atoms with Gasteiger partial charge in [0.25, 0.3) is 0 Å². The normalized spacial score (nSPS) is 0. The van der Waals surface area contributed by atoms with Crippen molar-refractivity contribution in [2.24, 2.45) is 0 Å². The molecule has 0 aliphatic heterocycles. The van der Waals surface area contributed by atoms with Crippen LogP contribution < -0.4 is 0 Å². The molecular formula is La2MnO4. The zero-order valence-electron chi connectivity index (χ0n) is 3.17. The van der Waals surface area contributed by atoms with Crippen molar-refractivity contribution in [2.75, 3.05) is 0 Å². The van der Waals surface area contributed by atoms with Gasteiger partial charge in [0.2, 0.25) is 0 Å². The molecule has 0 aromatic carbocycles. The molecule has 0 aromatic heterocycles. The predicted octanol–water partition coefficient (Wildman–Crippen LogP) is -0.478. The monoisotopic (exact) mass is 397 g/mol. The van der Waals surface area contributed by atoms with Gasteiger partial charge in [-0.05, 0) is 0 Å². The van der Waals surface area contributed by atoms with Crippen LogP contribution in [0.4, 0.5) is 0 Å². The van der Waals surface area contributed by atoms with Gasteiger partial charge in [-0.3, -0.25) is 0 Å². The third-order valence-electron chi connectivity index (χ3n) is 0. The second kappa shape index (κ2) is 69.5. The van der Waals surface area contributed by atoms with E-state index in [0.717, 1.165) is 0 Å². The molecular weight excluding hydrogens is 397 g/mol. The molecule has 0 saturated carbocycles. The van der Waals surface area contributed by atoms with Crippen LogP contribution >= 0.6 is 0 Å². The Morgan fingerprint density at radius 3 is 0.429 bits per heavy atom. The van der Waals surface area contributed by atoms with E-state index in [4.69, 9.17) is 0 Å². The molecule has 0 aliphatic rings. The SMILES string of the molecule is [La+3].[La+3].[Mn+2].[O-2].[O-2].[O-2].[O-2]. The maximum Gasteiger partial charge on any atom is 3.00 e. The van der Waals surface area contributed by atoms with E-state index in [-0.39, 0.29) is 110 Å². The standard InChI is InChI=1S/2La.Mn.4O/q2*+3;+2;4*-2. The van der Waals surface area contributed by atoms with E-state index in [1.54, 1.807) is 0 Å². The minimum atomic E-state index is 0. The first-order chi connectivity index (χ1) is 0. The number of rotatable bonds is 0. The molecule has 37 valence electrons. The summed E-state index contributed by atoms with van der Waals surface area (Å²) in [6, 6.07) is 0. The summed E-state index contributed by atoms with van der Waals surface area (Å²) in [4.78, 5) is 0. The molecule has 0 aliphatic carbocycles. The average molecular weight is 397 g/mol. The zero-order chi connectivity index (χ0) is 0. The van der Waals surface area contributed by atoms with E-state index in [1.807, 2.05) is 0 Å². The number of hydrogen-bond acceptors (Lipinski definition) is 0. The van der Waals surface area contributed by atoms with Crippen molar-refractivity contribution in [2.45, 2.75) is 0 Å². The molecule has 0 bridgehead atoms. The third-order valence-corrected chi connectivity index (χ3v) is 0. The van der Waals surface area contributed by atoms with Gasteiger partial charge in [0.05, 0.1) is 0 Å². The van der Waals surface area contributed by atoms with Gasteiger partial charge in [0.1, 0.15) is 0 Å². The smallest absolute Gasteiger partial charge is 2.00 e. The summed E-state index contributed by atoms with van der Waals surface area (Å²) < 4.78 is 0. The first kappa shape index (κ1) is 98.7. The van der Waals surface area contributed by atoms with Crippen molar-refractivity contribution < 1.29 is 110 Å². The Bertz CT molecular complexity index is 9.65. The summed E-state index contributed by atoms with van der Waals surface area (Å²) in [7, 11) is 0. The molecule has 0 aromatic rings. The molecule has 0 fully saturated rings. The van der Waals surface area contributed by atoms with E-state index >= 15 is 0 Å².